The van der Waals surface area contributed by atoms with E-state index in [1.807, 2.05) is 60.7 Å². The molecule has 0 radical (unpaired) electrons. The first-order chi connectivity index (χ1) is 10.3. The molecule has 0 N–H and O–H groups in total. The predicted octanol–water partition coefficient (Wildman–Crippen LogP) is 3.71. The van der Waals surface area contributed by atoms with Crippen LogP contribution < -0.4 is 0 Å². The average molecular weight is 284 g/mol. The molecule has 0 saturated carbocycles. The molecular weight excluding hydrogens is 264 g/mol. The van der Waals surface area contributed by atoms with E-state index in [1.165, 1.54) is 0 Å². The van der Waals surface area contributed by atoms with Crippen LogP contribution in [0.15, 0.2) is 66.4 Å². The Kier molecular flexibility index (Phi) is 5.55. The number of ether oxygens (including phenoxy) is 3. The summed E-state index contributed by atoms with van der Waals surface area (Å²) in [6, 6.07) is 20.2. The zero-order valence-electron chi connectivity index (χ0n) is 12.6. The molecule has 0 saturated heterocycles. The zero-order chi connectivity index (χ0) is 15.1. The molecule has 2 rings (SSSR count). The number of rotatable bonds is 6. The van der Waals surface area contributed by atoms with Gasteiger partial charge < -0.3 is 14.2 Å². The van der Waals surface area contributed by atoms with Gasteiger partial charge in [0, 0.05) is 19.8 Å². The van der Waals surface area contributed by atoms with Gasteiger partial charge in [-0.3, -0.25) is 0 Å². The van der Waals surface area contributed by atoms with Crippen molar-refractivity contribution in [1.82, 2.24) is 0 Å². The highest BCUT2D eigenvalue weighted by atomic mass is 16.7. The second kappa shape index (κ2) is 7.62. The van der Waals surface area contributed by atoms with Crippen molar-refractivity contribution in [2.24, 2.45) is 0 Å². The summed E-state index contributed by atoms with van der Waals surface area (Å²) in [4.78, 5) is 0. The van der Waals surface area contributed by atoms with E-state index in [9.17, 15) is 0 Å². The molecule has 0 atom stereocenters. The largest absolute Gasteiger partial charge is 0.495 e. The normalized spacial score (nSPS) is 10.5. The van der Waals surface area contributed by atoms with E-state index < -0.39 is 6.29 Å². The van der Waals surface area contributed by atoms with Gasteiger partial charge in [0.05, 0.1) is 7.11 Å². The van der Waals surface area contributed by atoms with Crippen LogP contribution in [-0.2, 0) is 14.2 Å². The third-order valence-corrected chi connectivity index (χ3v) is 3.23. The predicted molar refractivity (Wildman–Crippen MR) is 83.7 cm³/mol. The van der Waals surface area contributed by atoms with Gasteiger partial charge >= 0.3 is 0 Å². The molecule has 0 aliphatic rings. The maximum absolute atomic E-state index is 5.59. The lowest BCUT2D eigenvalue weighted by Crippen LogP contribution is -2.19. The van der Waals surface area contributed by atoms with Gasteiger partial charge in [0.25, 0.3) is 0 Å². The fourth-order valence-electron chi connectivity index (χ4n) is 2.29. The minimum absolute atomic E-state index is 0.551. The Morgan fingerprint density at radius 1 is 0.714 bits per heavy atom. The Morgan fingerprint density at radius 2 is 1.14 bits per heavy atom. The van der Waals surface area contributed by atoms with Gasteiger partial charge in [-0.15, -0.1) is 0 Å². The van der Waals surface area contributed by atoms with Crippen LogP contribution in [0.3, 0.4) is 0 Å². The van der Waals surface area contributed by atoms with E-state index in [2.05, 4.69) is 0 Å². The molecule has 0 aliphatic carbocycles. The highest BCUT2D eigenvalue weighted by molar-refractivity contribution is 5.81. The zero-order valence-corrected chi connectivity index (χ0v) is 12.6. The first kappa shape index (κ1) is 15.3. The lowest BCUT2D eigenvalue weighted by atomic mass is 9.96. The van der Waals surface area contributed by atoms with Gasteiger partial charge in [0.1, 0.15) is 0 Å². The molecule has 0 aromatic heterocycles. The third kappa shape index (κ3) is 3.51. The van der Waals surface area contributed by atoms with Crippen LogP contribution >= 0.6 is 0 Å². The SMILES string of the molecule is COC(=C(c1ccccc1)c1ccccc1)C(OC)OC. The van der Waals surface area contributed by atoms with Crippen LogP contribution in [-0.4, -0.2) is 27.6 Å². The summed E-state index contributed by atoms with van der Waals surface area (Å²) >= 11 is 0. The highest BCUT2D eigenvalue weighted by Crippen LogP contribution is 2.29. The number of methoxy groups -OCH3 is 3. The first-order valence-corrected chi connectivity index (χ1v) is 6.76. The van der Waals surface area contributed by atoms with Crippen molar-refractivity contribution < 1.29 is 14.2 Å². The van der Waals surface area contributed by atoms with Crippen molar-refractivity contribution in [2.75, 3.05) is 21.3 Å². The van der Waals surface area contributed by atoms with Crippen LogP contribution in [0.2, 0.25) is 0 Å². The molecule has 0 heterocycles. The molecule has 3 heteroatoms. The van der Waals surface area contributed by atoms with E-state index in [1.54, 1.807) is 21.3 Å². The van der Waals surface area contributed by atoms with Crippen molar-refractivity contribution in [3.8, 4) is 0 Å². The summed E-state index contributed by atoms with van der Waals surface area (Å²) in [5.41, 5.74) is 3.08. The van der Waals surface area contributed by atoms with E-state index in [0.717, 1.165) is 16.7 Å². The van der Waals surface area contributed by atoms with E-state index in [-0.39, 0.29) is 0 Å². The van der Waals surface area contributed by atoms with Crippen LogP contribution in [0.1, 0.15) is 11.1 Å². The van der Waals surface area contributed by atoms with Crippen molar-refractivity contribution >= 4 is 5.57 Å². The summed E-state index contributed by atoms with van der Waals surface area (Å²) in [5.74, 6) is 0.650. The Balaban J connectivity index is 2.65. The highest BCUT2D eigenvalue weighted by Gasteiger charge is 2.21. The number of benzene rings is 2. The number of hydrogen-bond donors (Lipinski definition) is 0. The van der Waals surface area contributed by atoms with Gasteiger partial charge in [-0.05, 0) is 11.1 Å². The van der Waals surface area contributed by atoms with Gasteiger partial charge in [-0.25, -0.2) is 0 Å². The fraction of sp³-hybridized carbons (Fsp3) is 0.222. The Labute approximate surface area is 125 Å². The Morgan fingerprint density at radius 3 is 1.48 bits per heavy atom. The maximum Gasteiger partial charge on any atom is 0.216 e. The molecule has 0 aliphatic heterocycles. The topological polar surface area (TPSA) is 27.7 Å². The quantitative estimate of drug-likeness (QED) is 0.598. The average Bonchev–Trinajstić information content (AvgIpc) is 2.56. The molecule has 2 aromatic carbocycles. The molecule has 0 amide bonds. The molecule has 110 valence electrons. The van der Waals surface area contributed by atoms with Gasteiger partial charge in [-0.1, -0.05) is 60.7 Å². The molecule has 0 unspecified atom stereocenters. The Bertz CT molecular complexity index is 530. The molecule has 2 aromatic rings. The van der Waals surface area contributed by atoms with Gasteiger partial charge in [0.2, 0.25) is 6.29 Å². The van der Waals surface area contributed by atoms with E-state index >= 15 is 0 Å². The van der Waals surface area contributed by atoms with Gasteiger partial charge in [0.15, 0.2) is 5.76 Å². The van der Waals surface area contributed by atoms with E-state index in [0.29, 0.717) is 5.76 Å². The Hall–Kier alpha value is -2.10. The van der Waals surface area contributed by atoms with E-state index in [4.69, 9.17) is 14.2 Å². The van der Waals surface area contributed by atoms with Gasteiger partial charge in [-0.2, -0.15) is 0 Å². The second-order valence-corrected chi connectivity index (χ2v) is 4.48. The minimum atomic E-state index is -0.551. The smallest absolute Gasteiger partial charge is 0.216 e. The minimum Gasteiger partial charge on any atom is -0.495 e. The summed E-state index contributed by atoms with van der Waals surface area (Å²) in [6.45, 7) is 0. The molecule has 0 fully saturated rings. The standard InChI is InChI=1S/C18H20O3/c1-19-17(18(20-2)21-3)16(14-10-6-4-7-11-14)15-12-8-5-9-13-15/h4-13,18H,1-3H3. The maximum atomic E-state index is 5.59. The summed E-state index contributed by atoms with van der Waals surface area (Å²) in [6.07, 6.45) is -0.551. The molecule has 21 heavy (non-hydrogen) atoms. The van der Waals surface area contributed by atoms with Crippen LogP contribution in [0.5, 0.6) is 0 Å². The van der Waals surface area contributed by atoms with Crippen LogP contribution in [0.4, 0.5) is 0 Å². The van der Waals surface area contributed by atoms with Crippen LogP contribution in [0, 0.1) is 0 Å². The monoisotopic (exact) mass is 284 g/mol. The van der Waals surface area contributed by atoms with Crippen molar-refractivity contribution in [2.45, 2.75) is 6.29 Å². The number of hydrogen-bond acceptors (Lipinski definition) is 3. The second-order valence-electron chi connectivity index (χ2n) is 4.48. The molecule has 3 nitrogen and oxygen atoms in total. The van der Waals surface area contributed by atoms with Crippen LogP contribution in [0.25, 0.3) is 5.57 Å². The molecule has 0 bridgehead atoms. The van der Waals surface area contributed by atoms with Crippen molar-refractivity contribution in [3.05, 3.63) is 77.5 Å². The summed E-state index contributed by atoms with van der Waals surface area (Å²) < 4.78 is 16.3. The van der Waals surface area contributed by atoms with Crippen molar-refractivity contribution in [1.29, 1.82) is 0 Å². The molecule has 0 spiro atoms. The lowest BCUT2D eigenvalue weighted by molar-refractivity contribution is -0.1000. The fourth-order valence-corrected chi connectivity index (χ4v) is 2.29. The van der Waals surface area contributed by atoms with Crippen molar-refractivity contribution in [3.63, 3.8) is 0 Å². The lowest BCUT2D eigenvalue weighted by Gasteiger charge is -2.21. The summed E-state index contributed by atoms with van der Waals surface area (Å²) in [7, 11) is 4.83. The first-order valence-electron chi connectivity index (χ1n) is 6.76. The molecular formula is C18H20O3. The third-order valence-electron chi connectivity index (χ3n) is 3.23. The summed E-state index contributed by atoms with van der Waals surface area (Å²) in [5, 5.41) is 0.